The normalized spacial score (nSPS) is 11.2. The SMILES string of the molecule is c1ccc(-c2ccc(N(c3ccc(-c4ccccc4)cc3)c3ccc(-c4ccc(N(c5ccc(-c6ccccc6)cc5)c5ccc6sc7ccccc7c6c5)cc4)cc3)cc2)cc1. The predicted molar refractivity (Wildman–Crippen MR) is 270 cm³/mol. The van der Waals surface area contributed by atoms with Crippen LogP contribution in [-0.2, 0) is 0 Å². The van der Waals surface area contributed by atoms with Gasteiger partial charge in [0.25, 0.3) is 0 Å². The first-order valence-electron chi connectivity index (χ1n) is 21.4. The highest BCUT2D eigenvalue weighted by Crippen LogP contribution is 2.42. The van der Waals surface area contributed by atoms with Crippen molar-refractivity contribution in [1.29, 1.82) is 0 Å². The van der Waals surface area contributed by atoms with Gasteiger partial charge in [0.05, 0.1) is 0 Å². The van der Waals surface area contributed by atoms with E-state index in [1.165, 1.54) is 53.6 Å². The number of nitrogens with zero attached hydrogens (tertiary/aromatic N) is 2. The van der Waals surface area contributed by atoms with Crippen molar-refractivity contribution >= 4 is 65.6 Å². The van der Waals surface area contributed by atoms with Gasteiger partial charge in [-0.1, -0.05) is 170 Å². The van der Waals surface area contributed by atoms with E-state index in [1.54, 1.807) is 0 Å². The maximum atomic E-state index is 2.37. The summed E-state index contributed by atoms with van der Waals surface area (Å²) in [6.07, 6.45) is 0. The molecule has 1 aromatic heterocycles. The van der Waals surface area contributed by atoms with Gasteiger partial charge in [-0.3, -0.25) is 0 Å². The molecule has 11 aromatic rings. The third kappa shape index (κ3) is 7.67. The lowest BCUT2D eigenvalue weighted by Crippen LogP contribution is -2.10. The lowest BCUT2D eigenvalue weighted by Gasteiger charge is -2.27. The van der Waals surface area contributed by atoms with E-state index in [1.807, 2.05) is 11.3 Å². The Morgan fingerprint density at radius 2 is 0.476 bits per heavy atom. The van der Waals surface area contributed by atoms with E-state index in [2.05, 4.69) is 265 Å². The molecule has 3 heteroatoms. The van der Waals surface area contributed by atoms with E-state index >= 15 is 0 Å². The van der Waals surface area contributed by atoms with Gasteiger partial charge in [-0.05, 0) is 129 Å². The van der Waals surface area contributed by atoms with E-state index in [0.717, 1.165) is 45.3 Å². The van der Waals surface area contributed by atoms with Gasteiger partial charge in [-0.2, -0.15) is 0 Å². The van der Waals surface area contributed by atoms with Crippen LogP contribution >= 0.6 is 11.3 Å². The first-order chi connectivity index (χ1) is 31.2. The molecule has 0 saturated carbocycles. The first-order valence-corrected chi connectivity index (χ1v) is 22.2. The van der Waals surface area contributed by atoms with Crippen LogP contribution in [-0.4, -0.2) is 0 Å². The molecule has 0 spiro atoms. The predicted octanol–water partition coefficient (Wildman–Crippen LogP) is 17.7. The summed E-state index contributed by atoms with van der Waals surface area (Å²) < 4.78 is 2.61. The molecule has 2 nitrogen and oxygen atoms in total. The zero-order chi connectivity index (χ0) is 42.0. The van der Waals surface area contributed by atoms with Gasteiger partial charge in [0.15, 0.2) is 0 Å². The second kappa shape index (κ2) is 16.8. The van der Waals surface area contributed by atoms with Crippen molar-refractivity contribution in [3.8, 4) is 44.5 Å². The summed E-state index contributed by atoms with van der Waals surface area (Å²) in [5, 5.41) is 2.58. The summed E-state index contributed by atoms with van der Waals surface area (Å²) in [4.78, 5) is 4.71. The molecule has 1 heterocycles. The van der Waals surface area contributed by atoms with Crippen molar-refractivity contribution in [3.05, 3.63) is 255 Å². The quantitative estimate of drug-likeness (QED) is 0.136. The highest BCUT2D eigenvalue weighted by atomic mass is 32.1. The molecule has 298 valence electrons. The van der Waals surface area contributed by atoms with Crippen molar-refractivity contribution in [2.45, 2.75) is 0 Å². The Morgan fingerprint density at radius 3 is 0.841 bits per heavy atom. The summed E-state index contributed by atoms with van der Waals surface area (Å²) in [6, 6.07) is 91.9. The standard InChI is InChI=1S/C60H42N2S/c1-4-12-43(13-5-1)46-20-30-51(31-21-46)61(52-32-22-47(23-33-52)44-14-6-2-7-15-44)53-34-26-49(27-35-53)50-28-38-55(39-29-50)62(54-36-24-48(25-37-54)45-16-8-3-9-17-45)56-40-41-60-58(42-56)57-18-10-11-19-59(57)63-60/h1-42H. The molecule has 63 heavy (non-hydrogen) atoms. The largest absolute Gasteiger partial charge is 0.311 e. The average Bonchev–Trinajstić information content (AvgIpc) is 3.74. The highest BCUT2D eigenvalue weighted by molar-refractivity contribution is 7.25. The molecule has 10 aromatic carbocycles. The van der Waals surface area contributed by atoms with Crippen molar-refractivity contribution < 1.29 is 0 Å². The van der Waals surface area contributed by atoms with Crippen molar-refractivity contribution in [2.75, 3.05) is 9.80 Å². The van der Waals surface area contributed by atoms with Gasteiger partial charge in [0.1, 0.15) is 0 Å². The molecule has 0 radical (unpaired) electrons. The molecule has 11 rings (SSSR count). The van der Waals surface area contributed by atoms with Crippen LogP contribution in [0.25, 0.3) is 64.7 Å². The minimum Gasteiger partial charge on any atom is -0.311 e. The van der Waals surface area contributed by atoms with Gasteiger partial charge < -0.3 is 9.80 Å². The molecule has 0 fully saturated rings. The molecule has 0 saturated heterocycles. The Bertz CT molecular complexity index is 3190. The van der Waals surface area contributed by atoms with E-state index in [9.17, 15) is 0 Å². The fourth-order valence-electron chi connectivity index (χ4n) is 8.65. The Labute approximate surface area is 372 Å². The van der Waals surface area contributed by atoms with Gasteiger partial charge >= 0.3 is 0 Å². The molecular weight excluding hydrogens is 781 g/mol. The number of thiophene rings is 1. The van der Waals surface area contributed by atoms with Crippen LogP contribution in [0.15, 0.2) is 255 Å². The molecule has 0 bridgehead atoms. The van der Waals surface area contributed by atoms with E-state index < -0.39 is 0 Å². The maximum Gasteiger partial charge on any atom is 0.0468 e. The minimum absolute atomic E-state index is 1.09. The third-order valence-electron chi connectivity index (χ3n) is 11.9. The smallest absolute Gasteiger partial charge is 0.0468 e. The monoisotopic (exact) mass is 822 g/mol. The Hall–Kier alpha value is -7.98. The molecular formula is C60H42N2S. The molecule has 0 unspecified atom stereocenters. The van der Waals surface area contributed by atoms with Gasteiger partial charge in [-0.15, -0.1) is 11.3 Å². The molecule has 0 N–H and O–H groups in total. The zero-order valence-electron chi connectivity index (χ0n) is 34.6. The average molecular weight is 823 g/mol. The lowest BCUT2D eigenvalue weighted by molar-refractivity contribution is 1.28. The minimum atomic E-state index is 1.09. The fourth-order valence-corrected chi connectivity index (χ4v) is 9.74. The highest BCUT2D eigenvalue weighted by Gasteiger charge is 2.17. The Balaban J connectivity index is 0.928. The summed E-state index contributed by atoms with van der Waals surface area (Å²) >= 11 is 1.85. The summed E-state index contributed by atoms with van der Waals surface area (Å²) in [7, 11) is 0. The molecule has 0 aliphatic heterocycles. The number of fused-ring (bicyclic) bond motifs is 3. The fraction of sp³-hybridized carbons (Fsp3) is 0. The topological polar surface area (TPSA) is 6.48 Å². The lowest BCUT2D eigenvalue weighted by atomic mass is 10.0. The van der Waals surface area contributed by atoms with Crippen LogP contribution in [0.4, 0.5) is 34.1 Å². The molecule has 0 aliphatic carbocycles. The number of hydrogen-bond acceptors (Lipinski definition) is 3. The van der Waals surface area contributed by atoms with Crippen molar-refractivity contribution in [1.82, 2.24) is 0 Å². The van der Waals surface area contributed by atoms with E-state index in [0.29, 0.717) is 0 Å². The first kappa shape index (κ1) is 38.0. The number of anilines is 6. The molecule has 0 amide bonds. The van der Waals surface area contributed by atoms with Crippen LogP contribution < -0.4 is 9.80 Å². The van der Waals surface area contributed by atoms with Crippen LogP contribution in [0.5, 0.6) is 0 Å². The second-order valence-corrected chi connectivity index (χ2v) is 16.9. The van der Waals surface area contributed by atoms with Crippen molar-refractivity contribution in [2.24, 2.45) is 0 Å². The Morgan fingerprint density at radius 1 is 0.206 bits per heavy atom. The van der Waals surface area contributed by atoms with Crippen LogP contribution in [0.3, 0.4) is 0 Å². The van der Waals surface area contributed by atoms with Gasteiger partial charge in [0, 0.05) is 54.3 Å². The van der Waals surface area contributed by atoms with E-state index in [4.69, 9.17) is 0 Å². The maximum absolute atomic E-state index is 2.37. The number of hydrogen-bond donors (Lipinski definition) is 0. The number of benzene rings is 10. The van der Waals surface area contributed by atoms with Gasteiger partial charge in [0.2, 0.25) is 0 Å². The summed E-state index contributed by atoms with van der Waals surface area (Å²) in [5.74, 6) is 0. The van der Waals surface area contributed by atoms with E-state index in [-0.39, 0.29) is 0 Å². The summed E-state index contributed by atoms with van der Waals surface area (Å²) in [5.41, 5.74) is 16.2. The van der Waals surface area contributed by atoms with Crippen molar-refractivity contribution in [3.63, 3.8) is 0 Å². The Kier molecular flexibility index (Phi) is 10.1. The van der Waals surface area contributed by atoms with Gasteiger partial charge in [-0.25, -0.2) is 0 Å². The van der Waals surface area contributed by atoms with Crippen LogP contribution in [0.2, 0.25) is 0 Å². The third-order valence-corrected chi connectivity index (χ3v) is 13.1. The molecule has 0 aliphatic rings. The number of rotatable bonds is 10. The summed E-state index contributed by atoms with van der Waals surface area (Å²) in [6.45, 7) is 0. The second-order valence-electron chi connectivity index (χ2n) is 15.8. The van der Waals surface area contributed by atoms with Crippen LogP contribution in [0, 0.1) is 0 Å². The van der Waals surface area contributed by atoms with Crippen LogP contribution in [0.1, 0.15) is 0 Å². The molecule has 0 atom stereocenters. The zero-order valence-corrected chi connectivity index (χ0v) is 35.4.